The Balaban J connectivity index is 0.00000132. The number of thioether (sulfide) groups is 1. The quantitative estimate of drug-likeness (QED) is 0.854. The molecule has 0 amide bonds. The standard InChI is InChI=1S/C17H16FNOS.ClH/c1-19-8-9-21-17-11-12-10-13(18)6-7-15(12)20-16-5-3-2-4-14(16)17;/h2-7,10-11,19H,8-9H2,1H3;1H. The number of benzene rings is 2. The number of rotatable bonds is 4. The molecule has 1 N–H and O–H groups in total. The molecule has 1 heterocycles. The van der Waals surface area contributed by atoms with Gasteiger partial charge in [-0.3, -0.25) is 0 Å². The number of fused-ring (bicyclic) bond motifs is 2. The Labute approximate surface area is 141 Å². The van der Waals surface area contributed by atoms with Gasteiger partial charge in [0.15, 0.2) is 0 Å². The smallest absolute Gasteiger partial charge is 1.00 e. The van der Waals surface area contributed by atoms with E-state index < -0.39 is 0 Å². The lowest BCUT2D eigenvalue weighted by Gasteiger charge is -2.10. The van der Waals surface area contributed by atoms with Gasteiger partial charge in [0.05, 0.1) is 0 Å². The molecule has 0 saturated carbocycles. The molecule has 0 saturated heterocycles. The zero-order valence-corrected chi connectivity index (χ0v) is 13.7. The predicted octanol–water partition coefficient (Wildman–Crippen LogP) is 1.50. The largest absolute Gasteiger partial charge is 1.00 e. The maximum atomic E-state index is 13.5. The molecule has 0 bridgehead atoms. The number of para-hydroxylation sites is 1. The minimum Gasteiger partial charge on any atom is -1.00 e. The van der Waals surface area contributed by atoms with Crippen LogP contribution in [0.5, 0.6) is 11.5 Å². The van der Waals surface area contributed by atoms with Gasteiger partial charge in [0.2, 0.25) is 0 Å². The maximum Gasteiger partial charge on any atom is 1.00 e. The van der Waals surface area contributed by atoms with Crippen LogP contribution < -0.4 is 22.5 Å². The van der Waals surface area contributed by atoms with E-state index in [9.17, 15) is 4.39 Å². The van der Waals surface area contributed by atoms with Gasteiger partial charge in [-0.1, -0.05) is 18.2 Å². The van der Waals surface area contributed by atoms with Crippen molar-refractivity contribution in [3.05, 3.63) is 59.4 Å². The van der Waals surface area contributed by atoms with Crippen molar-refractivity contribution in [1.29, 1.82) is 0 Å². The fourth-order valence-corrected chi connectivity index (χ4v) is 3.26. The highest BCUT2D eigenvalue weighted by Gasteiger charge is 2.16. The summed E-state index contributed by atoms with van der Waals surface area (Å²) in [5, 5.41) is 3.14. The Morgan fingerprint density at radius 2 is 2.00 bits per heavy atom. The summed E-state index contributed by atoms with van der Waals surface area (Å²) in [7, 11) is 1.93. The topological polar surface area (TPSA) is 21.3 Å². The van der Waals surface area contributed by atoms with Crippen LogP contribution in [0.2, 0.25) is 0 Å². The van der Waals surface area contributed by atoms with Gasteiger partial charge < -0.3 is 22.5 Å². The fraction of sp³-hybridized carbons (Fsp3) is 0.176. The maximum absolute atomic E-state index is 13.5. The number of ether oxygens (including phenoxy) is 1. The van der Waals surface area contributed by atoms with E-state index in [1.54, 1.807) is 17.8 Å². The lowest BCUT2D eigenvalue weighted by molar-refractivity contribution is -0.00000513. The predicted molar refractivity (Wildman–Crippen MR) is 88.3 cm³/mol. The summed E-state index contributed by atoms with van der Waals surface area (Å²) in [4.78, 5) is 1.10. The van der Waals surface area contributed by atoms with E-state index in [2.05, 4.69) is 5.32 Å². The first-order chi connectivity index (χ1) is 10.3. The lowest BCUT2D eigenvalue weighted by Crippen LogP contribution is -3.00. The first kappa shape index (κ1) is 16.9. The fourth-order valence-electron chi connectivity index (χ4n) is 2.20. The van der Waals surface area contributed by atoms with Crippen molar-refractivity contribution in [3.63, 3.8) is 0 Å². The Morgan fingerprint density at radius 3 is 2.82 bits per heavy atom. The van der Waals surface area contributed by atoms with Gasteiger partial charge in [0.25, 0.3) is 0 Å². The molecule has 2 aromatic rings. The highest BCUT2D eigenvalue weighted by molar-refractivity contribution is 8.08. The Bertz CT molecular complexity index is 696. The minimum absolute atomic E-state index is 0. The molecule has 0 radical (unpaired) electrons. The summed E-state index contributed by atoms with van der Waals surface area (Å²) < 4.78 is 19.4. The first-order valence-corrected chi connectivity index (χ1v) is 7.82. The van der Waals surface area contributed by atoms with Crippen LogP contribution in [-0.4, -0.2) is 19.3 Å². The van der Waals surface area contributed by atoms with Crippen molar-refractivity contribution in [2.75, 3.05) is 19.3 Å². The van der Waals surface area contributed by atoms with Crippen LogP contribution in [0.4, 0.5) is 4.39 Å². The molecule has 116 valence electrons. The average molecular weight is 338 g/mol. The molecule has 5 heteroatoms. The second-order valence-electron chi connectivity index (χ2n) is 4.74. The average Bonchev–Trinajstić information content (AvgIpc) is 2.64. The van der Waals surface area contributed by atoms with Crippen molar-refractivity contribution in [3.8, 4) is 11.5 Å². The third kappa shape index (κ3) is 3.64. The molecule has 22 heavy (non-hydrogen) atoms. The lowest BCUT2D eigenvalue weighted by atomic mass is 10.1. The van der Waals surface area contributed by atoms with Crippen molar-refractivity contribution in [2.24, 2.45) is 0 Å². The van der Waals surface area contributed by atoms with Crippen LogP contribution in [0, 0.1) is 5.82 Å². The molecule has 3 rings (SSSR count). The zero-order chi connectivity index (χ0) is 14.7. The van der Waals surface area contributed by atoms with Gasteiger partial charge in [-0.05, 0) is 37.4 Å². The van der Waals surface area contributed by atoms with Crippen molar-refractivity contribution >= 4 is 22.7 Å². The number of halogens is 2. The van der Waals surface area contributed by atoms with Gasteiger partial charge in [-0.2, -0.15) is 0 Å². The van der Waals surface area contributed by atoms with E-state index in [0.717, 1.165) is 34.1 Å². The van der Waals surface area contributed by atoms with E-state index in [1.807, 2.05) is 37.4 Å². The van der Waals surface area contributed by atoms with Crippen LogP contribution in [0.15, 0.2) is 42.5 Å². The summed E-state index contributed by atoms with van der Waals surface area (Å²) in [6.07, 6.45) is 2.00. The van der Waals surface area contributed by atoms with E-state index in [0.29, 0.717) is 5.75 Å². The highest BCUT2D eigenvalue weighted by atomic mass is 35.5. The number of hydrogen-bond acceptors (Lipinski definition) is 3. The Kier molecular flexibility index (Phi) is 5.89. The van der Waals surface area contributed by atoms with E-state index in [4.69, 9.17) is 4.74 Å². The normalized spacial score (nSPS) is 12.2. The zero-order valence-electron chi connectivity index (χ0n) is 13.1. The molecule has 0 fully saturated rings. The Hall–Kier alpha value is -1.49. The molecule has 0 spiro atoms. The van der Waals surface area contributed by atoms with Crippen LogP contribution in [-0.2, 0) is 0 Å². The van der Waals surface area contributed by atoms with E-state index in [1.165, 1.54) is 12.1 Å². The molecule has 0 unspecified atom stereocenters. The SMILES string of the molecule is CNCCSC1=Cc2cc(F)ccc2Oc2ccccc21.[Cl-].[H+]. The first-order valence-electron chi connectivity index (χ1n) is 6.84. The second-order valence-corrected chi connectivity index (χ2v) is 5.88. The van der Waals surface area contributed by atoms with Crippen LogP contribution in [0.3, 0.4) is 0 Å². The summed E-state index contributed by atoms with van der Waals surface area (Å²) in [5.74, 6) is 2.19. The molecule has 2 nitrogen and oxygen atoms in total. The van der Waals surface area contributed by atoms with Crippen LogP contribution in [0.25, 0.3) is 11.0 Å². The highest BCUT2D eigenvalue weighted by Crippen LogP contribution is 2.42. The molecule has 1 aliphatic heterocycles. The summed E-state index contributed by atoms with van der Waals surface area (Å²) >= 11 is 1.74. The molecule has 2 aromatic carbocycles. The van der Waals surface area contributed by atoms with Crippen LogP contribution >= 0.6 is 11.8 Å². The van der Waals surface area contributed by atoms with Gasteiger partial charge >= 0.3 is 1.43 Å². The third-order valence-corrected chi connectivity index (χ3v) is 4.30. The van der Waals surface area contributed by atoms with Crippen molar-refractivity contribution in [1.82, 2.24) is 5.32 Å². The minimum atomic E-state index is -0.251. The summed E-state index contributed by atoms with van der Waals surface area (Å²) in [6.45, 7) is 0.918. The van der Waals surface area contributed by atoms with Crippen LogP contribution in [0.1, 0.15) is 12.6 Å². The van der Waals surface area contributed by atoms with Crippen molar-refractivity contribution in [2.45, 2.75) is 0 Å². The monoisotopic (exact) mass is 337 g/mol. The number of nitrogens with one attached hydrogen (secondary N) is 1. The summed E-state index contributed by atoms with van der Waals surface area (Å²) in [6, 6.07) is 12.5. The van der Waals surface area contributed by atoms with Gasteiger partial charge in [-0.25, -0.2) is 4.39 Å². The molecular formula is C17H17ClFNOS. The van der Waals surface area contributed by atoms with Crippen molar-refractivity contribution < 1.29 is 23.0 Å². The van der Waals surface area contributed by atoms with Gasteiger partial charge in [0.1, 0.15) is 17.3 Å². The number of hydrogen-bond donors (Lipinski definition) is 1. The summed E-state index contributed by atoms with van der Waals surface area (Å²) in [5.41, 5.74) is 1.83. The van der Waals surface area contributed by atoms with Gasteiger partial charge in [0, 0.05) is 28.3 Å². The molecule has 1 aliphatic rings. The molecule has 0 aliphatic carbocycles. The van der Waals surface area contributed by atoms with E-state index in [-0.39, 0.29) is 19.7 Å². The third-order valence-electron chi connectivity index (χ3n) is 3.24. The van der Waals surface area contributed by atoms with E-state index >= 15 is 0 Å². The van der Waals surface area contributed by atoms with Gasteiger partial charge in [-0.15, -0.1) is 11.8 Å². The molecule has 0 atom stereocenters. The Morgan fingerprint density at radius 1 is 1.18 bits per heavy atom. The molecular weight excluding hydrogens is 321 g/mol. The second kappa shape index (κ2) is 7.68. The molecule has 0 aromatic heterocycles.